The van der Waals surface area contributed by atoms with Crippen molar-refractivity contribution in [3.8, 4) is 0 Å². The number of rotatable bonds is 6. The third-order valence-corrected chi connectivity index (χ3v) is 2.07. The quantitative estimate of drug-likeness (QED) is 0.592. The molecule has 0 aromatic heterocycles. The monoisotopic (exact) mass is 187 g/mol. The number of carbonyl (C=O) groups excluding carboxylic acids is 1. The van der Waals surface area contributed by atoms with Crippen molar-refractivity contribution in [2.45, 2.75) is 39.7 Å². The number of esters is 1. The van der Waals surface area contributed by atoms with Crippen molar-refractivity contribution in [1.82, 2.24) is 4.90 Å². The zero-order valence-corrected chi connectivity index (χ0v) is 9.17. The van der Waals surface area contributed by atoms with Crippen LogP contribution in [0.1, 0.15) is 33.6 Å². The average Bonchev–Trinajstić information content (AvgIpc) is 2.11. The fourth-order valence-corrected chi connectivity index (χ4v) is 1.25. The molecule has 0 aliphatic heterocycles. The Morgan fingerprint density at radius 1 is 1.38 bits per heavy atom. The normalized spacial score (nSPS) is 10.9. The smallest absolute Gasteiger partial charge is 0.306 e. The topological polar surface area (TPSA) is 29.5 Å². The highest BCUT2D eigenvalue weighted by Gasteiger charge is 2.10. The second-order valence-electron chi connectivity index (χ2n) is 3.46. The predicted molar refractivity (Wildman–Crippen MR) is 53.6 cm³/mol. The van der Waals surface area contributed by atoms with Crippen LogP contribution in [0.5, 0.6) is 0 Å². The first kappa shape index (κ1) is 12.4. The molecule has 0 aliphatic rings. The van der Waals surface area contributed by atoms with Gasteiger partial charge in [-0.25, -0.2) is 0 Å². The van der Waals surface area contributed by atoms with E-state index in [1.807, 2.05) is 0 Å². The van der Waals surface area contributed by atoms with Gasteiger partial charge in [0.25, 0.3) is 0 Å². The summed E-state index contributed by atoms with van der Waals surface area (Å²) in [4.78, 5) is 13.2. The van der Waals surface area contributed by atoms with Crippen LogP contribution in [0.15, 0.2) is 0 Å². The molecule has 0 rings (SSSR count). The van der Waals surface area contributed by atoms with Crippen LogP contribution < -0.4 is 0 Å². The molecule has 0 saturated carbocycles. The van der Waals surface area contributed by atoms with Crippen LogP contribution in [-0.4, -0.2) is 37.1 Å². The minimum Gasteiger partial charge on any atom is -0.469 e. The molecule has 0 aromatic carbocycles. The average molecular weight is 187 g/mol. The van der Waals surface area contributed by atoms with Crippen LogP contribution in [0.4, 0.5) is 0 Å². The van der Waals surface area contributed by atoms with E-state index >= 15 is 0 Å². The molecule has 0 fully saturated rings. The van der Waals surface area contributed by atoms with Crippen molar-refractivity contribution in [2.24, 2.45) is 0 Å². The molecule has 0 N–H and O–H groups in total. The van der Waals surface area contributed by atoms with E-state index in [2.05, 4.69) is 30.4 Å². The zero-order valence-electron chi connectivity index (χ0n) is 9.17. The van der Waals surface area contributed by atoms with Crippen molar-refractivity contribution < 1.29 is 9.53 Å². The molecule has 13 heavy (non-hydrogen) atoms. The maximum absolute atomic E-state index is 10.9. The summed E-state index contributed by atoms with van der Waals surface area (Å²) in [6.07, 6.45) is 1.62. The fourth-order valence-electron chi connectivity index (χ4n) is 1.25. The number of ether oxygens (including phenoxy) is 1. The highest BCUT2D eigenvalue weighted by molar-refractivity contribution is 5.69. The Labute approximate surface area is 81.1 Å². The van der Waals surface area contributed by atoms with Gasteiger partial charge in [0.1, 0.15) is 0 Å². The highest BCUT2D eigenvalue weighted by Crippen LogP contribution is 2.01. The first-order valence-corrected chi connectivity index (χ1v) is 4.92. The molecular formula is C10H21NO2. The Kier molecular flexibility index (Phi) is 6.59. The zero-order chi connectivity index (χ0) is 10.3. The Balaban J connectivity index is 3.75. The summed E-state index contributed by atoms with van der Waals surface area (Å²) in [6.45, 7) is 8.29. The molecule has 0 amide bonds. The molecule has 0 saturated heterocycles. The van der Waals surface area contributed by atoms with E-state index in [1.54, 1.807) is 0 Å². The molecule has 0 heterocycles. The van der Waals surface area contributed by atoms with Gasteiger partial charge in [-0.3, -0.25) is 4.79 Å². The minimum atomic E-state index is -0.123. The molecule has 0 bridgehead atoms. The molecule has 0 spiro atoms. The van der Waals surface area contributed by atoms with E-state index in [9.17, 15) is 4.79 Å². The second-order valence-corrected chi connectivity index (χ2v) is 3.46. The lowest BCUT2D eigenvalue weighted by Gasteiger charge is -2.25. The summed E-state index contributed by atoms with van der Waals surface area (Å²) in [5, 5.41) is 0. The van der Waals surface area contributed by atoms with Gasteiger partial charge in [-0.05, 0) is 26.8 Å². The summed E-state index contributed by atoms with van der Waals surface area (Å²) in [7, 11) is 1.43. The summed E-state index contributed by atoms with van der Waals surface area (Å²) < 4.78 is 4.59. The maximum atomic E-state index is 10.9. The number of hydrogen-bond acceptors (Lipinski definition) is 3. The molecule has 3 heteroatoms. The summed E-state index contributed by atoms with van der Waals surface area (Å²) in [5.74, 6) is -0.123. The van der Waals surface area contributed by atoms with Crippen molar-refractivity contribution in [1.29, 1.82) is 0 Å². The first-order chi connectivity index (χ1) is 6.11. The van der Waals surface area contributed by atoms with E-state index in [4.69, 9.17) is 0 Å². The minimum absolute atomic E-state index is 0.123. The van der Waals surface area contributed by atoms with Gasteiger partial charge in [0, 0.05) is 12.6 Å². The van der Waals surface area contributed by atoms with E-state index in [-0.39, 0.29) is 5.97 Å². The van der Waals surface area contributed by atoms with Crippen LogP contribution in [-0.2, 0) is 9.53 Å². The lowest BCUT2D eigenvalue weighted by Crippen LogP contribution is -2.33. The van der Waals surface area contributed by atoms with Gasteiger partial charge in [0.2, 0.25) is 0 Å². The van der Waals surface area contributed by atoms with Crippen LogP contribution in [0.25, 0.3) is 0 Å². The van der Waals surface area contributed by atoms with Crippen LogP contribution >= 0.6 is 0 Å². The molecule has 0 aromatic rings. The number of hydrogen-bond donors (Lipinski definition) is 0. The van der Waals surface area contributed by atoms with Crippen molar-refractivity contribution in [2.75, 3.05) is 20.2 Å². The van der Waals surface area contributed by atoms with Gasteiger partial charge in [0.15, 0.2) is 0 Å². The van der Waals surface area contributed by atoms with Crippen molar-refractivity contribution in [3.63, 3.8) is 0 Å². The number of methoxy groups -OCH3 is 1. The van der Waals surface area contributed by atoms with E-state index in [0.29, 0.717) is 12.5 Å². The summed E-state index contributed by atoms with van der Waals surface area (Å²) >= 11 is 0. The van der Waals surface area contributed by atoms with Gasteiger partial charge in [0.05, 0.1) is 13.5 Å². The lowest BCUT2D eigenvalue weighted by molar-refractivity contribution is -0.141. The molecule has 0 unspecified atom stereocenters. The van der Waals surface area contributed by atoms with Crippen LogP contribution in [0, 0.1) is 0 Å². The third-order valence-electron chi connectivity index (χ3n) is 2.07. The maximum Gasteiger partial charge on any atom is 0.306 e. The second kappa shape index (κ2) is 6.89. The van der Waals surface area contributed by atoms with Crippen molar-refractivity contribution >= 4 is 5.97 Å². The van der Waals surface area contributed by atoms with Crippen LogP contribution in [0.2, 0.25) is 0 Å². The third kappa shape index (κ3) is 5.64. The molecule has 3 nitrogen and oxygen atoms in total. The molecule has 0 radical (unpaired) electrons. The molecule has 78 valence electrons. The van der Waals surface area contributed by atoms with E-state index in [1.165, 1.54) is 7.11 Å². The molecule has 0 atom stereocenters. The summed E-state index contributed by atoms with van der Waals surface area (Å²) in [6, 6.07) is 0.504. The first-order valence-electron chi connectivity index (χ1n) is 4.92. The van der Waals surface area contributed by atoms with Crippen LogP contribution in [0.3, 0.4) is 0 Å². The standard InChI is InChI=1S/C10H21NO2/c1-5-7-11(9(2)3)8-6-10(12)13-4/h9H,5-8H2,1-4H3. The Hall–Kier alpha value is -0.570. The number of carbonyl (C=O) groups is 1. The summed E-state index contributed by atoms with van der Waals surface area (Å²) in [5.41, 5.74) is 0. The Morgan fingerprint density at radius 2 is 2.00 bits per heavy atom. The lowest BCUT2D eigenvalue weighted by atomic mass is 10.2. The SMILES string of the molecule is CCCN(CCC(=O)OC)C(C)C. The predicted octanol–water partition coefficient (Wildman–Crippen LogP) is 1.67. The van der Waals surface area contributed by atoms with Gasteiger partial charge in [-0.1, -0.05) is 6.92 Å². The highest BCUT2D eigenvalue weighted by atomic mass is 16.5. The molecular weight excluding hydrogens is 166 g/mol. The Bertz CT molecular complexity index is 146. The van der Waals surface area contributed by atoms with Gasteiger partial charge in [-0.2, -0.15) is 0 Å². The van der Waals surface area contributed by atoms with Crippen molar-refractivity contribution in [3.05, 3.63) is 0 Å². The van der Waals surface area contributed by atoms with Gasteiger partial charge < -0.3 is 9.64 Å². The van der Waals surface area contributed by atoms with Gasteiger partial charge in [-0.15, -0.1) is 0 Å². The fraction of sp³-hybridized carbons (Fsp3) is 0.900. The Morgan fingerprint density at radius 3 is 2.38 bits per heavy atom. The molecule has 0 aliphatic carbocycles. The van der Waals surface area contributed by atoms with E-state index in [0.717, 1.165) is 19.5 Å². The van der Waals surface area contributed by atoms with E-state index < -0.39 is 0 Å². The number of nitrogens with zero attached hydrogens (tertiary/aromatic N) is 1. The largest absolute Gasteiger partial charge is 0.469 e. The van der Waals surface area contributed by atoms with Gasteiger partial charge >= 0.3 is 5.97 Å².